The van der Waals surface area contributed by atoms with Gasteiger partial charge < -0.3 is 15.2 Å². The fraction of sp³-hybridized carbons (Fsp3) is 0.333. The van der Waals surface area contributed by atoms with E-state index in [-0.39, 0.29) is 23.0 Å². The molecule has 17 heavy (non-hydrogen) atoms. The fourth-order valence-electron chi connectivity index (χ4n) is 1.90. The number of benzene rings is 1. The summed E-state index contributed by atoms with van der Waals surface area (Å²) in [6.07, 6.45) is 0. The van der Waals surface area contributed by atoms with Gasteiger partial charge in [0.1, 0.15) is 5.75 Å². The van der Waals surface area contributed by atoms with Gasteiger partial charge in [0.25, 0.3) is 5.91 Å². The molecule has 1 amide bonds. The number of ether oxygens (including phenoxy) is 1. The van der Waals surface area contributed by atoms with Crippen molar-refractivity contribution < 1.29 is 19.4 Å². The molecule has 0 saturated heterocycles. The molecule has 1 aromatic carbocycles. The van der Waals surface area contributed by atoms with Crippen LogP contribution in [0.2, 0.25) is 0 Å². The van der Waals surface area contributed by atoms with Crippen LogP contribution in [0.3, 0.4) is 0 Å². The molecular formula is C12H13NO4. The van der Waals surface area contributed by atoms with Crippen molar-refractivity contribution >= 4 is 11.9 Å². The Morgan fingerprint density at radius 3 is 2.76 bits per heavy atom. The third-order valence-corrected chi connectivity index (χ3v) is 2.84. The molecule has 1 aromatic rings. The van der Waals surface area contributed by atoms with Crippen LogP contribution in [-0.4, -0.2) is 30.6 Å². The molecule has 0 fully saturated rings. The molecule has 1 aliphatic heterocycles. The van der Waals surface area contributed by atoms with Crippen LogP contribution < -0.4 is 10.1 Å². The summed E-state index contributed by atoms with van der Waals surface area (Å²) in [5, 5.41) is 11.5. The highest BCUT2D eigenvalue weighted by atomic mass is 16.5. The lowest BCUT2D eigenvalue weighted by atomic mass is 9.97. The van der Waals surface area contributed by atoms with E-state index in [0.717, 1.165) is 5.56 Å². The third-order valence-electron chi connectivity index (χ3n) is 2.84. The molecule has 1 aliphatic rings. The Morgan fingerprint density at radius 1 is 1.47 bits per heavy atom. The van der Waals surface area contributed by atoms with Gasteiger partial charge in [-0.2, -0.15) is 0 Å². The van der Waals surface area contributed by atoms with Gasteiger partial charge in [0, 0.05) is 18.5 Å². The SMILES string of the molecule is CNC(=O)c1cc(C(=O)O)cc2c1OCC2C. The summed E-state index contributed by atoms with van der Waals surface area (Å²) >= 11 is 0. The predicted molar refractivity (Wildman–Crippen MR) is 60.7 cm³/mol. The van der Waals surface area contributed by atoms with E-state index in [1.54, 1.807) is 6.07 Å². The molecule has 1 heterocycles. The van der Waals surface area contributed by atoms with Crippen LogP contribution in [0.25, 0.3) is 0 Å². The van der Waals surface area contributed by atoms with Gasteiger partial charge in [-0.1, -0.05) is 6.92 Å². The van der Waals surface area contributed by atoms with Crippen LogP contribution in [0.15, 0.2) is 12.1 Å². The molecule has 1 atom stereocenters. The normalized spacial score (nSPS) is 17.2. The molecule has 0 radical (unpaired) electrons. The first kappa shape index (κ1) is 11.4. The maximum atomic E-state index is 11.7. The summed E-state index contributed by atoms with van der Waals surface area (Å²) in [7, 11) is 1.50. The van der Waals surface area contributed by atoms with Gasteiger partial charge in [0.2, 0.25) is 0 Å². The summed E-state index contributed by atoms with van der Waals surface area (Å²) in [5.41, 5.74) is 1.18. The lowest BCUT2D eigenvalue weighted by molar-refractivity contribution is 0.0697. The van der Waals surface area contributed by atoms with E-state index in [4.69, 9.17) is 9.84 Å². The predicted octanol–water partition coefficient (Wildman–Crippen LogP) is 1.24. The highest BCUT2D eigenvalue weighted by molar-refractivity contribution is 6.00. The number of nitrogens with one attached hydrogen (secondary N) is 1. The Hall–Kier alpha value is -2.04. The molecule has 0 spiro atoms. The van der Waals surface area contributed by atoms with Gasteiger partial charge in [-0.3, -0.25) is 4.79 Å². The molecule has 0 bridgehead atoms. The molecule has 90 valence electrons. The van der Waals surface area contributed by atoms with Gasteiger partial charge in [-0.25, -0.2) is 4.79 Å². The van der Waals surface area contributed by atoms with Crippen LogP contribution in [0.5, 0.6) is 5.75 Å². The van der Waals surface area contributed by atoms with Crippen molar-refractivity contribution in [1.29, 1.82) is 0 Å². The first-order chi connectivity index (χ1) is 8.04. The molecule has 5 heteroatoms. The molecule has 2 rings (SSSR count). The molecule has 5 nitrogen and oxygen atoms in total. The number of hydrogen-bond donors (Lipinski definition) is 2. The Morgan fingerprint density at radius 2 is 2.18 bits per heavy atom. The quantitative estimate of drug-likeness (QED) is 0.808. The fourth-order valence-corrected chi connectivity index (χ4v) is 1.90. The standard InChI is InChI=1S/C12H13NO4/c1-6-5-17-10-8(6)3-7(12(15)16)4-9(10)11(14)13-2/h3-4,6H,5H2,1-2H3,(H,13,14)(H,15,16). The maximum absolute atomic E-state index is 11.7. The summed E-state index contributed by atoms with van der Waals surface area (Å²) < 4.78 is 5.45. The zero-order chi connectivity index (χ0) is 12.6. The smallest absolute Gasteiger partial charge is 0.335 e. The highest BCUT2D eigenvalue weighted by Crippen LogP contribution is 2.37. The molecule has 0 aliphatic carbocycles. The van der Waals surface area contributed by atoms with Crippen LogP contribution in [0.4, 0.5) is 0 Å². The minimum atomic E-state index is -1.04. The first-order valence-electron chi connectivity index (χ1n) is 5.30. The van der Waals surface area contributed by atoms with Gasteiger partial charge in [0.05, 0.1) is 17.7 Å². The third kappa shape index (κ3) is 1.84. The molecule has 0 saturated carbocycles. The number of carbonyl (C=O) groups excluding carboxylic acids is 1. The Kier molecular flexibility index (Phi) is 2.75. The zero-order valence-corrected chi connectivity index (χ0v) is 9.61. The maximum Gasteiger partial charge on any atom is 0.335 e. The highest BCUT2D eigenvalue weighted by Gasteiger charge is 2.27. The zero-order valence-electron chi connectivity index (χ0n) is 9.61. The molecule has 1 unspecified atom stereocenters. The second-order valence-electron chi connectivity index (χ2n) is 4.04. The number of aromatic carboxylic acids is 1. The topological polar surface area (TPSA) is 75.6 Å². The van der Waals surface area contributed by atoms with Crippen LogP contribution in [-0.2, 0) is 0 Å². The number of hydrogen-bond acceptors (Lipinski definition) is 3. The average molecular weight is 235 g/mol. The van der Waals surface area contributed by atoms with E-state index in [0.29, 0.717) is 12.4 Å². The Labute approximate surface area is 98.4 Å². The van der Waals surface area contributed by atoms with E-state index < -0.39 is 5.97 Å². The second kappa shape index (κ2) is 4.08. The van der Waals surface area contributed by atoms with Crippen molar-refractivity contribution in [2.24, 2.45) is 0 Å². The number of carboxylic acids is 1. The summed E-state index contributed by atoms with van der Waals surface area (Å²) in [6, 6.07) is 2.92. The van der Waals surface area contributed by atoms with Crippen molar-refractivity contribution in [3.05, 3.63) is 28.8 Å². The van der Waals surface area contributed by atoms with E-state index in [2.05, 4.69) is 5.32 Å². The van der Waals surface area contributed by atoms with Crippen LogP contribution in [0, 0.1) is 0 Å². The number of amides is 1. The average Bonchev–Trinajstić information content (AvgIpc) is 2.69. The lowest BCUT2D eigenvalue weighted by Crippen LogP contribution is -2.19. The van der Waals surface area contributed by atoms with Gasteiger partial charge in [-0.05, 0) is 12.1 Å². The minimum absolute atomic E-state index is 0.104. The number of rotatable bonds is 2. The van der Waals surface area contributed by atoms with Crippen molar-refractivity contribution in [3.63, 3.8) is 0 Å². The number of fused-ring (bicyclic) bond motifs is 1. The van der Waals surface area contributed by atoms with E-state index in [1.807, 2.05) is 6.92 Å². The Balaban J connectivity index is 2.62. The van der Waals surface area contributed by atoms with Crippen molar-refractivity contribution in [2.45, 2.75) is 12.8 Å². The van der Waals surface area contributed by atoms with E-state index >= 15 is 0 Å². The number of carbonyl (C=O) groups is 2. The van der Waals surface area contributed by atoms with Gasteiger partial charge >= 0.3 is 5.97 Å². The monoisotopic (exact) mass is 235 g/mol. The van der Waals surface area contributed by atoms with Gasteiger partial charge in [0.15, 0.2) is 0 Å². The second-order valence-corrected chi connectivity index (χ2v) is 4.04. The molecule has 2 N–H and O–H groups in total. The Bertz CT molecular complexity index is 496. The summed E-state index contributed by atoms with van der Waals surface area (Å²) in [5.74, 6) is -0.773. The molecule has 0 aromatic heterocycles. The largest absolute Gasteiger partial charge is 0.492 e. The lowest BCUT2D eigenvalue weighted by Gasteiger charge is -2.08. The van der Waals surface area contributed by atoms with E-state index in [1.165, 1.54) is 13.1 Å². The first-order valence-corrected chi connectivity index (χ1v) is 5.30. The van der Waals surface area contributed by atoms with Crippen molar-refractivity contribution in [2.75, 3.05) is 13.7 Å². The van der Waals surface area contributed by atoms with Crippen molar-refractivity contribution in [3.8, 4) is 5.75 Å². The van der Waals surface area contributed by atoms with Crippen LogP contribution >= 0.6 is 0 Å². The van der Waals surface area contributed by atoms with Crippen LogP contribution in [0.1, 0.15) is 39.1 Å². The molecular weight excluding hydrogens is 222 g/mol. The van der Waals surface area contributed by atoms with Gasteiger partial charge in [-0.15, -0.1) is 0 Å². The summed E-state index contributed by atoms with van der Waals surface area (Å²) in [4.78, 5) is 22.7. The summed E-state index contributed by atoms with van der Waals surface area (Å²) in [6.45, 7) is 2.41. The minimum Gasteiger partial charge on any atom is -0.492 e. The van der Waals surface area contributed by atoms with E-state index in [9.17, 15) is 9.59 Å². The number of carboxylic acid groups (broad SMARTS) is 1. The van der Waals surface area contributed by atoms with Crippen molar-refractivity contribution in [1.82, 2.24) is 5.32 Å².